The maximum absolute atomic E-state index is 6.14. The van der Waals surface area contributed by atoms with Gasteiger partial charge in [-0.3, -0.25) is 4.98 Å². The Kier molecular flexibility index (Phi) is 4.75. The number of benzene rings is 1. The molecule has 1 aromatic carbocycles. The fraction of sp³-hybridized carbons (Fsp3) is 0.400. The van der Waals surface area contributed by atoms with E-state index in [0.717, 1.165) is 54.2 Å². The first kappa shape index (κ1) is 16.8. The highest BCUT2D eigenvalue weighted by Gasteiger charge is 2.23. The average Bonchev–Trinajstić information content (AvgIpc) is 3.04. The second-order valence-corrected chi connectivity index (χ2v) is 6.64. The second-order valence-electron chi connectivity index (χ2n) is 6.64. The van der Waals surface area contributed by atoms with Crippen LogP contribution in [0, 0.1) is 0 Å². The van der Waals surface area contributed by atoms with Crippen molar-refractivity contribution in [1.29, 1.82) is 0 Å². The van der Waals surface area contributed by atoms with Gasteiger partial charge in [-0.15, -0.1) is 0 Å². The first-order valence-electron chi connectivity index (χ1n) is 9.01. The molecule has 26 heavy (non-hydrogen) atoms. The highest BCUT2D eigenvalue weighted by Crippen LogP contribution is 2.25. The van der Waals surface area contributed by atoms with Crippen molar-refractivity contribution in [2.75, 3.05) is 25.1 Å². The van der Waals surface area contributed by atoms with E-state index >= 15 is 0 Å². The number of nitrogens with zero attached hydrogens (tertiary/aromatic N) is 4. The monoisotopic (exact) mass is 352 g/mol. The molecule has 0 spiro atoms. The molecule has 0 bridgehead atoms. The minimum absolute atomic E-state index is 0.271. The maximum atomic E-state index is 6.14. The number of imidazole rings is 1. The van der Waals surface area contributed by atoms with Crippen LogP contribution >= 0.6 is 0 Å². The maximum Gasteiger partial charge on any atom is 0.206 e. The van der Waals surface area contributed by atoms with E-state index in [-0.39, 0.29) is 6.10 Å². The molecule has 1 aliphatic rings. The number of hydrogen-bond donors (Lipinski definition) is 0. The third kappa shape index (κ3) is 3.24. The molecule has 136 valence electrons. The van der Waals surface area contributed by atoms with Crippen LogP contribution in [-0.4, -0.2) is 40.8 Å². The first-order chi connectivity index (χ1) is 12.8. The Labute approximate surface area is 153 Å². The minimum Gasteiger partial charge on any atom is -0.496 e. The molecule has 2 aromatic heterocycles. The Morgan fingerprint density at radius 2 is 1.96 bits per heavy atom. The zero-order valence-corrected chi connectivity index (χ0v) is 15.3. The van der Waals surface area contributed by atoms with Gasteiger partial charge in [0.2, 0.25) is 5.95 Å². The van der Waals surface area contributed by atoms with Gasteiger partial charge in [0.1, 0.15) is 11.3 Å². The lowest BCUT2D eigenvalue weighted by molar-refractivity contribution is 0.0240. The van der Waals surface area contributed by atoms with Crippen molar-refractivity contribution in [1.82, 2.24) is 14.5 Å². The molecule has 0 aliphatic carbocycles. The van der Waals surface area contributed by atoms with Crippen molar-refractivity contribution in [3.05, 3.63) is 48.3 Å². The summed E-state index contributed by atoms with van der Waals surface area (Å²) in [5.41, 5.74) is 3.16. The van der Waals surface area contributed by atoms with Crippen LogP contribution in [0.3, 0.4) is 0 Å². The number of aromatic nitrogens is 3. The van der Waals surface area contributed by atoms with Gasteiger partial charge >= 0.3 is 0 Å². The van der Waals surface area contributed by atoms with Crippen LogP contribution in [0.25, 0.3) is 11.0 Å². The molecule has 3 heterocycles. The highest BCUT2D eigenvalue weighted by molar-refractivity contribution is 5.77. The lowest BCUT2D eigenvalue weighted by atomic mass is 10.1. The van der Waals surface area contributed by atoms with Gasteiger partial charge in [0.15, 0.2) is 0 Å². The molecule has 0 amide bonds. The minimum atomic E-state index is 0.271. The van der Waals surface area contributed by atoms with Gasteiger partial charge in [-0.1, -0.05) is 18.2 Å². The summed E-state index contributed by atoms with van der Waals surface area (Å²) in [6.07, 6.45) is 5.90. The van der Waals surface area contributed by atoms with Crippen molar-refractivity contribution in [3.63, 3.8) is 0 Å². The fourth-order valence-electron chi connectivity index (χ4n) is 3.57. The number of rotatable bonds is 5. The van der Waals surface area contributed by atoms with Gasteiger partial charge in [-0.25, -0.2) is 4.98 Å². The fourth-order valence-corrected chi connectivity index (χ4v) is 3.57. The molecule has 0 atom stereocenters. The van der Waals surface area contributed by atoms with Gasteiger partial charge in [0.25, 0.3) is 0 Å². The van der Waals surface area contributed by atoms with Gasteiger partial charge in [0, 0.05) is 31.9 Å². The highest BCUT2D eigenvalue weighted by atomic mass is 16.5. The van der Waals surface area contributed by atoms with Crippen LogP contribution in [0.1, 0.15) is 18.4 Å². The number of piperidine rings is 1. The van der Waals surface area contributed by atoms with Crippen LogP contribution in [0.2, 0.25) is 0 Å². The Morgan fingerprint density at radius 1 is 1.15 bits per heavy atom. The Bertz CT molecular complexity index is 884. The molecular formula is C20H24N4O2. The largest absolute Gasteiger partial charge is 0.496 e. The number of anilines is 1. The molecule has 1 saturated heterocycles. The lowest BCUT2D eigenvalue weighted by Crippen LogP contribution is -2.38. The van der Waals surface area contributed by atoms with E-state index in [1.807, 2.05) is 36.7 Å². The Hall–Kier alpha value is -2.60. The first-order valence-corrected chi connectivity index (χ1v) is 9.01. The summed E-state index contributed by atoms with van der Waals surface area (Å²) in [6.45, 7) is 2.48. The molecule has 1 fully saturated rings. The molecule has 1 aliphatic heterocycles. The van der Waals surface area contributed by atoms with Crippen LogP contribution in [0.5, 0.6) is 5.75 Å². The van der Waals surface area contributed by atoms with E-state index in [4.69, 9.17) is 14.5 Å². The summed E-state index contributed by atoms with van der Waals surface area (Å²) < 4.78 is 13.7. The summed E-state index contributed by atoms with van der Waals surface area (Å²) in [5, 5.41) is 0. The molecule has 6 heteroatoms. The average molecular weight is 352 g/mol. The second kappa shape index (κ2) is 7.33. The predicted molar refractivity (Wildman–Crippen MR) is 102 cm³/mol. The normalized spacial score (nSPS) is 15.5. The number of para-hydroxylation sites is 1. The van der Waals surface area contributed by atoms with E-state index in [0.29, 0.717) is 6.61 Å². The molecule has 4 rings (SSSR count). The zero-order valence-electron chi connectivity index (χ0n) is 15.3. The van der Waals surface area contributed by atoms with E-state index in [1.54, 1.807) is 7.11 Å². The van der Waals surface area contributed by atoms with Crippen molar-refractivity contribution in [2.24, 2.45) is 7.05 Å². The van der Waals surface area contributed by atoms with E-state index in [1.165, 1.54) is 0 Å². The number of methoxy groups -OCH3 is 1. The molecule has 0 unspecified atom stereocenters. The van der Waals surface area contributed by atoms with Crippen molar-refractivity contribution in [3.8, 4) is 5.75 Å². The van der Waals surface area contributed by atoms with Crippen molar-refractivity contribution >= 4 is 17.0 Å². The molecule has 0 N–H and O–H groups in total. The van der Waals surface area contributed by atoms with E-state index in [9.17, 15) is 0 Å². The van der Waals surface area contributed by atoms with Gasteiger partial charge in [-0.05, 0) is 25.0 Å². The van der Waals surface area contributed by atoms with Crippen LogP contribution in [-0.2, 0) is 18.4 Å². The SMILES string of the molecule is COc1ccccc1COC1CCN(c2nc3cnccc3n2C)CC1. The summed E-state index contributed by atoms with van der Waals surface area (Å²) in [6, 6.07) is 10.0. The standard InChI is InChI=1S/C20H24N4O2/c1-23-18-7-10-21-13-17(18)22-20(23)24-11-8-16(9-12-24)26-14-15-5-3-4-6-19(15)25-2/h3-7,10,13,16H,8-9,11-12,14H2,1-2H3. The number of pyridine rings is 1. The van der Waals surface area contributed by atoms with E-state index in [2.05, 4.69) is 27.6 Å². The predicted octanol–water partition coefficient (Wildman–Crippen LogP) is 3.16. The third-order valence-corrected chi connectivity index (χ3v) is 5.05. The molecule has 0 radical (unpaired) electrons. The van der Waals surface area contributed by atoms with Gasteiger partial charge < -0.3 is 18.9 Å². The number of ether oxygens (including phenoxy) is 2. The molecule has 6 nitrogen and oxygen atoms in total. The number of hydrogen-bond acceptors (Lipinski definition) is 5. The van der Waals surface area contributed by atoms with E-state index < -0.39 is 0 Å². The summed E-state index contributed by atoms with van der Waals surface area (Å²) >= 11 is 0. The zero-order chi connectivity index (χ0) is 17.9. The van der Waals surface area contributed by atoms with Gasteiger partial charge in [0.05, 0.1) is 31.5 Å². The Balaban J connectivity index is 1.37. The molecule has 3 aromatic rings. The van der Waals surface area contributed by atoms with Crippen LogP contribution < -0.4 is 9.64 Å². The van der Waals surface area contributed by atoms with Crippen molar-refractivity contribution < 1.29 is 9.47 Å². The van der Waals surface area contributed by atoms with Crippen LogP contribution in [0.15, 0.2) is 42.7 Å². The molecular weight excluding hydrogens is 328 g/mol. The smallest absolute Gasteiger partial charge is 0.206 e. The Morgan fingerprint density at radius 3 is 2.73 bits per heavy atom. The van der Waals surface area contributed by atoms with Crippen molar-refractivity contribution in [2.45, 2.75) is 25.6 Å². The summed E-state index contributed by atoms with van der Waals surface area (Å²) in [5.74, 6) is 1.90. The number of fused-ring (bicyclic) bond motifs is 1. The molecule has 0 saturated carbocycles. The summed E-state index contributed by atoms with van der Waals surface area (Å²) in [4.78, 5) is 11.2. The topological polar surface area (TPSA) is 52.4 Å². The third-order valence-electron chi connectivity index (χ3n) is 5.05. The number of aryl methyl sites for hydroxylation is 1. The van der Waals surface area contributed by atoms with Gasteiger partial charge in [-0.2, -0.15) is 0 Å². The summed E-state index contributed by atoms with van der Waals surface area (Å²) in [7, 11) is 3.76. The lowest BCUT2D eigenvalue weighted by Gasteiger charge is -2.32. The quantitative estimate of drug-likeness (QED) is 0.706. The van der Waals surface area contributed by atoms with Crippen LogP contribution in [0.4, 0.5) is 5.95 Å².